The van der Waals surface area contributed by atoms with Gasteiger partial charge in [-0.2, -0.15) is 0 Å². The molecular weight excluding hydrogens is 371 g/mol. The van der Waals surface area contributed by atoms with Crippen molar-refractivity contribution in [1.29, 1.82) is 0 Å². The highest BCUT2D eigenvalue weighted by Crippen LogP contribution is 2.41. The van der Waals surface area contributed by atoms with Crippen molar-refractivity contribution in [2.75, 3.05) is 0 Å². The Kier molecular flexibility index (Phi) is 3.98. The van der Waals surface area contributed by atoms with Crippen molar-refractivity contribution in [1.82, 2.24) is 0 Å². The number of hydrogen-bond donors (Lipinski definition) is 0. The van der Waals surface area contributed by atoms with Gasteiger partial charge in [0.2, 0.25) is 0 Å². The van der Waals surface area contributed by atoms with Crippen LogP contribution >= 0.6 is 39.1 Å². The summed E-state index contributed by atoms with van der Waals surface area (Å²) in [6, 6.07) is 11.8. The van der Waals surface area contributed by atoms with Crippen LogP contribution < -0.4 is 4.74 Å². The van der Waals surface area contributed by atoms with Gasteiger partial charge in [-0.3, -0.25) is 0 Å². The van der Waals surface area contributed by atoms with Gasteiger partial charge in [0.15, 0.2) is 0 Å². The van der Waals surface area contributed by atoms with Crippen LogP contribution in [0.3, 0.4) is 0 Å². The molecule has 1 heterocycles. The Balaban J connectivity index is 1.97. The van der Waals surface area contributed by atoms with Crippen LogP contribution in [0.1, 0.15) is 35.4 Å². The fraction of sp³-hybridized carbons (Fsp3) is 0.294. The number of benzene rings is 2. The van der Waals surface area contributed by atoms with Gasteiger partial charge >= 0.3 is 0 Å². The molecule has 0 aliphatic carbocycles. The highest BCUT2D eigenvalue weighted by Gasteiger charge is 2.30. The molecule has 4 heteroatoms. The van der Waals surface area contributed by atoms with Crippen molar-refractivity contribution in [2.24, 2.45) is 0 Å². The van der Waals surface area contributed by atoms with E-state index in [0.717, 1.165) is 23.3 Å². The van der Waals surface area contributed by atoms with Gasteiger partial charge in [-0.05, 0) is 54.8 Å². The summed E-state index contributed by atoms with van der Waals surface area (Å²) in [5.41, 5.74) is 3.23. The Bertz CT molecular complexity index is 697. The Morgan fingerprint density at radius 2 is 1.90 bits per heavy atom. The zero-order valence-electron chi connectivity index (χ0n) is 11.8. The van der Waals surface area contributed by atoms with Crippen molar-refractivity contribution < 1.29 is 4.74 Å². The minimum Gasteiger partial charge on any atom is -0.487 e. The van der Waals surface area contributed by atoms with Gasteiger partial charge in [-0.1, -0.05) is 51.3 Å². The van der Waals surface area contributed by atoms with Crippen molar-refractivity contribution in [3.8, 4) is 5.75 Å². The van der Waals surface area contributed by atoms with Gasteiger partial charge in [0.1, 0.15) is 11.4 Å². The van der Waals surface area contributed by atoms with Crippen molar-refractivity contribution in [3.05, 3.63) is 63.1 Å². The second kappa shape index (κ2) is 5.49. The molecular formula is C17H15BrCl2O. The zero-order chi connectivity index (χ0) is 15.2. The summed E-state index contributed by atoms with van der Waals surface area (Å²) in [5.74, 6) is 0.973. The van der Waals surface area contributed by atoms with Gasteiger partial charge in [0, 0.05) is 16.5 Å². The maximum Gasteiger partial charge on any atom is 0.123 e. The summed E-state index contributed by atoms with van der Waals surface area (Å²) >= 11 is 16.1. The molecule has 0 saturated heterocycles. The fourth-order valence-electron chi connectivity index (χ4n) is 2.68. The Labute approximate surface area is 143 Å². The summed E-state index contributed by atoms with van der Waals surface area (Å²) < 4.78 is 5.92. The monoisotopic (exact) mass is 384 g/mol. The van der Waals surface area contributed by atoms with Crippen LogP contribution in [0, 0.1) is 0 Å². The molecule has 0 radical (unpaired) electrons. The molecule has 1 aliphatic rings. The number of hydrogen-bond acceptors (Lipinski definition) is 1. The molecule has 3 rings (SSSR count). The highest BCUT2D eigenvalue weighted by molar-refractivity contribution is 9.09. The van der Waals surface area contributed by atoms with Crippen molar-refractivity contribution in [2.45, 2.75) is 30.7 Å². The fourth-order valence-corrected chi connectivity index (χ4v) is 3.88. The van der Waals surface area contributed by atoms with Gasteiger partial charge in [0.05, 0.1) is 4.83 Å². The molecule has 0 amide bonds. The van der Waals surface area contributed by atoms with E-state index in [1.807, 2.05) is 18.2 Å². The van der Waals surface area contributed by atoms with Crippen LogP contribution in [-0.2, 0) is 6.42 Å². The summed E-state index contributed by atoms with van der Waals surface area (Å²) in [5, 5.41) is 1.39. The van der Waals surface area contributed by atoms with Gasteiger partial charge < -0.3 is 4.74 Å². The highest BCUT2D eigenvalue weighted by atomic mass is 79.9. The third-order valence-electron chi connectivity index (χ3n) is 3.61. The first-order valence-corrected chi connectivity index (χ1v) is 8.44. The van der Waals surface area contributed by atoms with Crippen LogP contribution in [0.5, 0.6) is 5.75 Å². The van der Waals surface area contributed by atoms with E-state index >= 15 is 0 Å². The van der Waals surface area contributed by atoms with E-state index in [-0.39, 0.29) is 10.4 Å². The van der Waals surface area contributed by atoms with Crippen LogP contribution in [0.2, 0.25) is 10.0 Å². The topological polar surface area (TPSA) is 9.23 Å². The molecule has 0 fully saturated rings. The number of fused-ring (bicyclic) bond motifs is 1. The van der Waals surface area contributed by atoms with E-state index in [4.69, 9.17) is 27.9 Å². The van der Waals surface area contributed by atoms with Crippen LogP contribution in [0.4, 0.5) is 0 Å². The second-order valence-electron chi connectivity index (χ2n) is 5.93. The predicted octanol–water partition coefficient (Wildman–Crippen LogP) is 6.19. The third kappa shape index (κ3) is 3.08. The first kappa shape index (κ1) is 15.2. The molecule has 2 aromatic rings. The van der Waals surface area contributed by atoms with Gasteiger partial charge in [-0.25, -0.2) is 0 Å². The molecule has 1 nitrogen and oxygen atoms in total. The lowest BCUT2D eigenvalue weighted by molar-refractivity contribution is 0.138. The molecule has 1 unspecified atom stereocenters. The average molecular weight is 386 g/mol. The Morgan fingerprint density at radius 3 is 2.67 bits per heavy atom. The molecule has 0 spiro atoms. The molecule has 2 aromatic carbocycles. The minimum absolute atomic E-state index is 0.0118. The maximum absolute atomic E-state index is 6.29. The maximum atomic E-state index is 6.29. The van der Waals surface area contributed by atoms with Crippen LogP contribution in [0.15, 0.2) is 36.4 Å². The zero-order valence-corrected chi connectivity index (χ0v) is 14.9. The number of halogens is 3. The van der Waals surface area contributed by atoms with E-state index in [1.54, 1.807) is 6.07 Å². The standard InChI is InChI=1S/C17H15BrCl2O/c1-17(2)9-11-7-10(3-6-15(11)21-17)16(18)13-8-12(19)4-5-14(13)20/h3-8,16H,9H2,1-2H3. The van der Waals surface area contributed by atoms with E-state index in [2.05, 4.69) is 41.9 Å². The normalized spacial score (nSPS) is 17.2. The van der Waals surface area contributed by atoms with Crippen LogP contribution in [0.25, 0.3) is 0 Å². The lowest BCUT2D eigenvalue weighted by Gasteiger charge is -2.16. The lowest BCUT2D eigenvalue weighted by Crippen LogP contribution is -2.24. The summed E-state index contributed by atoms with van der Waals surface area (Å²) in [6.07, 6.45) is 0.916. The van der Waals surface area contributed by atoms with Gasteiger partial charge in [-0.15, -0.1) is 0 Å². The molecule has 0 saturated carbocycles. The molecule has 1 atom stereocenters. The third-order valence-corrected chi connectivity index (χ3v) is 5.21. The minimum atomic E-state index is -0.129. The largest absolute Gasteiger partial charge is 0.487 e. The first-order valence-electron chi connectivity index (χ1n) is 6.76. The number of ether oxygens (including phenoxy) is 1. The van der Waals surface area contributed by atoms with E-state index in [9.17, 15) is 0 Å². The summed E-state index contributed by atoms with van der Waals surface area (Å²) in [7, 11) is 0. The number of alkyl halides is 1. The molecule has 110 valence electrons. The Morgan fingerprint density at radius 1 is 1.14 bits per heavy atom. The van der Waals surface area contributed by atoms with Gasteiger partial charge in [0.25, 0.3) is 0 Å². The summed E-state index contributed by atoms with van der Waals surface area (Å²) in [6.45, 7) is 4.21. The second-order valence-corrected chi connectivity index (χ2v) is 7.69. The molecule has 0 aromatic heterocycles. The SMILES string of the molecule is CC1(C)Cc2cc(C(Br)c3cc(Cl)ccc3Cl)ccc2O1. The molecule has 0 bridgehead atoms. The molecule has 0 N–H and O–H groups in total. The molecule has 21 heavy (non-hydrogen) atoms. The van der Waals surface area contributed by atoms with E-state index in [1.165, 1.54) is 5.56 Å². The van der Waals surface area contributed by atoms with E-state index < -0.39 is 0 Å². The Hall–Kier alpha value is -0.700. The molecule has 1 aliphatic heterocycles. The first-order chi connectivity index (χ1) is 9.85. The quantitative estimate of drug-likeness (QED) is 0.560. The number of rotatable bonds is 2. The van der Waals surface area contributed by atoms with Crippen molar-refractivity contribution in [3.63, 3.8) is 0 Å². The van der Waals surface area contributed by atoms with Crippen LogP contribution in [-0.4, -0.2) is 5.60 Å². The average Bonchev–Trinajstić information content (AvgIpc) is 2.73. The van der Waals surface area contributed by atoms with Crippen molar-refractivity contribution >= 4 is 39.1 Å². The lowest BCUT2D eigenvalue weighted by atomic mass is 9.97. The summed E-state index contributed by atoms with van der Waals surface area (Å²) in [4.78, 5) is 0.0118. The van der Waals surface area contributed by atoms with E-state index in [0.29, 0.717) is 10.0 Å². The smallest absolute Gasteiger partial charge is 0.123 e. The predicted molar refractivity (Wildman–Crippen MR) is 92.1 cm³/mol.